The first-order chi connectivity index (χ1) is 21.8. The van der Waals surface area contributed by atoms with Gasteiger partial charge >= 0.3 is 10.8 Å². The van der Waals surface area contributed by atoms with Crippen molar-refractivity contribution >= 4 is 40.9 Å². The number of nitrogens with one attached hydrogen (secondary N) is 1. The number of unbranched alkanes of at least 4 members (excludes halogenated alkanes) is 2. The number of hydrogen-bond donors (Lipinski definition) is 2. The fraction of sp³-hybridized carbons (Fsp3) is 0.471. The summed E-state index contributed by atoms with van der Waals surface area (Å²) in [5.41, 5.74) is 3.26. The lowest BCUT2D eigenvalue weighted by Crippen LogP contribution is -2.42. The molecule has 0 radical (unpaired) electrons. The summed E-state index contributed by atoms with van der Waals surface area (Å²) < 4.78 is 12.0. The van der Waals surface area contributed by atoms with Gasteiger partial charge in [-0.15, -0.1) is 11.8 Å². The summed E-state index contributed by atoms with van der Waals surface area (Å²) >= 11 is 2.90. The summed E-state index contributed by atoms with van der Waals surface area (Å²) in [4.78, 5) is 56.3. The number of carboxylic acid groups (broad SMARTS) is 1. The molecule has 1 aromatic heterocycles. The topological polar surface area (TPSA) is 126 Å². The molecular formula is C34H36N2O7S2. The van der Waals surface area contributed by atoms with Gasteiger partial charge in [0.1, 0.15) is 6.61 Å². The van der Waals surface area contributed by atoms with E-state index in [4.69, 9.17) is 14.6 Å². The second-order valence-electron chi connectivity index (χ2n) is 12.6. The molecule has 0 spiro atoms. The number of hydrogen-bond acceptors (Lipinski definition) is 8. The number of benzene rings is 2. The monoisotopic (exact) mass is 648 g/mol. The number of ether oxygens (including phenoxy) is 2. The highest BCUT2D eigenvalue weighted by Gasteiger charge is 2.69. The number of aromatic amines is 1. The SMILES string of the molecule is COc1cc([C@H]2c3sc(=O)[nH]c3SC3C4CC(C5C(=O)N(CCCCCC(=O)O)C(=O)C45)C32)ccc1OCc1ccccc1C. The molecule has 1 saturated heterocycles. The molecule has 2 amide bonds. The molecule has 3 heterocycles. The van der Waals surface area contributed by atoms with Crippen molar-refractivity contribution in [1.82, 2.24) is 9.88 Å². The number of thiazole rings is 1. The van der Waals surface area contributed by atoms with Crippen LogP contribution in [0.5, 0.6) is 11.5 Å². The molecule has 45 heavy (non-hydrogen) atoms. The van der Waals surface area contributed by atoms with Gasteiger partial charge in [0, 0.05) is 29.0 Å². The molecule has 2 aromatic carbocycles. The molecule has 7 atom stereocenters. The lowest BCUT2D eigenvalue weighted by Gasteiger charge is -2.43. The van der Waals surface area contributed by atoms with E-state index < -0.39 is 5.97 Å². The van der Waals surface area contributed by atoms with Gasteiger partial charge < -0.3 is 19.6 Å². The average molecular weight is 649 g/mol. The Balaban J connectivity index is 1.16. The zero-order valence-corrected chi connectivity index (χ0v) is 26.8. The first kappa shape index (κ1) is 30.1. The number of aliphatic carboxylic acids is 1. The molecule has 11 heteroatoms. The maximum Gasteiger partial charge on any atom is 0.305 e. The van der Waals surface area contributed by atoms with Crippen LogP contribution in [0.25, 0.3) is 0 Å². The molecule has 7 rings (SSSR count). The summed E-state index contributed by atoms with van der Waals surface area (Å²) in [5, 5.41) is 9.89. The van der Waals surface area contributed by atoms with E-state index in [1.807, 2.05) is 30.3 Å². The molecule has 2 saturated carbocycles. The van der Waals surface area contributed by atoms with Crippen LogP contribution in [0.15, 0.2) is 52.3 Å². The van der Waals surface area contributed by atoms with Crippen molar-refractivity contribution in [1.29, 1.82) is 0 Å². The van der Waals surface area contributed by atoms with E-state index in [9.17, 15) is 19.2 Å². The Morgan fingerprint density at radius 3 is 2.56 bits per heavy atom. The van der Waals surface area contributed by atoms with Crippen molar-refractivity contribution in [3.05, 3.63) is 73.7 Å². The zero-order chi connectivity index (χ0) is 31.4. The van der Waals surface area contributed by atoms with E-state index in [0.717, 1.165) is 33.0 Å². The van der Waals surface area contributed by atoms with E-state index in [0.29, 0.717) is 43.9 Å². The molecule has 3 fully saturated rings. The Bertz CT molecular complexity index is 1720. The third-order valence-corrected chi connectivity index (χ3v) is 12.9. The van der Waals surface area contributed by atoms with Gasteiger partial charge in [0.25, 0.3) is 0 Å². The van der Waals surface area contributed by atoms with Crippen molar-refractivity contribution in [2.75, 3.05) is 13.7 Å². The maximum atomic E-state index is 13.8. The predicted molar refractivity (Wildman–Crippen MR) is 170 cm³/mol. The Labute approximate surface area is 269 Å². The number of carbonyl (C=O) groups is 3. The van der Waals surface area contributed by atoms with Gasteiger partial charge in [0.05, 0.1) is 24.0 Å². The molecule has 2 bridgehead atoms. The third kappa shape index (κ3) is 5.17. The van der Waals surface area contributed by atoms with E-state index in [2.05, 4.69) is 24.0 Å². The number of nitrogens with zero attached hydrogens (tertiary/aromatic N) is 1. The molecular weight excluding hydrogens is 613 g/mol. The Morgan fingerprint density at radius 1 is 1.02 bits per heavy atom. The molecule has 6 unspecified atom stereocenters. The lowest BCUT2D eigenvalue weighted by atomic mass is 9.68. The van der Waals surface area contributed by atoms with E-state index in [1.165, 1.54) is 16.2 Å². The highest BCUT2D eigenvalue weighted by Crippen LogP contribution is 2.68. The second-order valence-corrected chi connectivity index (χ2v) is 14.8. The number of aryl methyl sites for hydroxylation is 1. The molecule has 2 aliphatic carbocycles. The number of fused-ring (bicyclic) bond motifs is 9. The van der Waals surface area contributed by atoms with Gasteiger partial charge in [-0.1, -0.05) is 48.1 Å². The molecule has 2 N–H and O–H groups in total. The van der Waals surface area contributed by atoms with Crippen LogP contribution in [-0.4, -0.2) is 51.7 Å². The smallest absolute Gasteiger partial charge is 0.305 e. The summed E-state index contributed by atoms with van der Waals surface area (Å²) in [6.45, 7) is 2.81. The van der Waals surface area contributed by atoms with Crippen LogP contribution in [0, 0.1) is 36.5 Å². The fourth-order valence-corrected chi connectivity index (χ4v) is 11.2. The quantitative estimate of drug-likeness (QED) is 0.208. The molecule has 2 aliphatic heterocycles. The lowest BCUT2D eigenvalue weighted by molar-refractivity contribution is -0.141. The van der Waals surface area contributed by atoms with Crippen LogP contribution >= 0.6 is 23.1 Å². The zero-order valence-electron chi connectivity index (χ0n) is 25.2. The van der Waals surface area contributed by atoms with E-state index in [-0.39, 0.29) is 63.9 Å². The Morgan fingerprint density at radius 2 is 1.80 bits per heavy atom. The number of imide groups is 1. The summed E-state index contributed by atoms with van der Waals surface area (Å²) in [7, 11) is 1.63. The number of carbonyl (C=O) groups excluding carboxylic acids is 2. The van der Waals surface area contributed by atoms with Crippen molar-refractivity contribution in [2.45, 2.75) is 61.8 Å². The molecule has 4 aliphatic rings. The number of H-pyrrole nitrogens is 1. The van der Waals surface area contributed by atoms with E-state index >= 15 is 0 Å². The summed E-state index contributed by atoms with van der Waals surface area (Å²) in [5.74, 6) is -0.340. The Kier molecular flexibility index (Phi) is 8.02. The predicted octanol–water partition coefficient (Wildman–Crippen LogP) is 5.45. The van der Waals surface area contributed by atoms with Crippen LogP contribution in [0.2, 0.25) is 0 Å². The number of methoxy groups -OCH3 is 1. The average Bonchev–Trinajstić information content (AvgIpc) is 3.76. The fourth-order valence-electron chi connectivity index (χ4n) is 8.32. The third-order valence-electron chi connectivity index (χ3n) is 10.3. The van der Waals surface area contributed by atoms with Crippen LogP contribution in [0.4, 0.5) is 0 Å². The van der Waals surface area contributed by atoms with Gasteiger partial charge in [0.15, 0.2) is 11.5 Å². The minimum absolute atomic E-state index is 0.0317. The van der Waals surface area contributed by atoms with Crippen molar-refractivity contribution < 1.29 is 29.0 Å². The highest BCUT2D eigenvalue weighted by molar-refractivity contribution is 8.00. The number of rotatable bonds is 11. The largest absolute Gasteiger partial charge is 0.493 e. The first-order valence-corrected chi connectivity index (χ1v) is 17.3. The van der Waals surface area contributed by atoms with Gasteiger partial charge in [-0.25, -0.2) is 0 Å². The van der Waals surface area contributed by atoms with Crippen LogP contribution in [0.1, 0.15) is 59.6 Å². The number of likely N-dealkylation sites (tertiary alicyclic amines) is 1. The minimum atomic E-state index is -0.832. The van der Waals surface area contributed by atoms with Crippen molar-refractivity contribution in [2.24, 2.45) is 29.6 Å². The number of aromatic nitrogens is 1. The standard InChI is InChI=1S/C34H36N2O7S2/c1-17-8-5-6-9-19(17)16-43-22-12-11-18(14-23(22)42-2)25-26-20-15-21(29(26)44-31-30(25)45-34(41)35-31)28-27(20)32(39)36(33(28)40)13-7-3-4-10-24(37)38/h5-6,8-9,11-12,14,20-21,25-29H,3-4,7,10,13,15-16H2,1-2H3,(H,35,41)(H,37,38)/t20?,21?,25-,26?,27?,28?,29?/m1/s1. The van der Waals surface area contributed by atoms with Crippen LogP contribution in [0.3, 0.4) is 0 Å². The Hall–Kier alpha value is -3.57. The molecule has 9 nitrogen and oxygen atoms in total. The van der Waals surface area contributed by atoms with Crippen LogP contribution < -0.4 is 14.3 Å². The minimum Gasteiger partial charge on any atom is -0.493 e. The summed E-state index contributed by atoms with van der Waals surface area (Å²) in [6.07, 6.45) is 2.73. The van der Waals surface area contributed by atoms with Crippen LogP contribution in [-0.2, 0) is 21.0 Å². The number of carboxylic acids is 1. The van der Waals surface area contributed by atoms with Gasteiger partial charge in [-0.2, -0.15) is 0 Å². The van der Waals surface area contributed by atoms with Crippen molar-refractivity contribution in [3.63, 3.8) is 0 Å². The summed E-state index contributed by atoms with van der Waals surface area (Å²) in [6, 6.07) is 14.1. The second kappa shape index (κ2) is 12.0. The number of thioether (sulfide) groups is 1. The van der Waals surface area contributed by atoms with E-state index in [1.54, 1.807) is 18.9 Å². The first-order valence-electron chi connectivity index (χ1n) is 15.6. The van der Waals surface area contributed by atoms with Gasteiger partial charge in [0.2, 0.25) is 11.8 Å². The molecule has 236 valence electrons. The number of amides is 2. The van der Waals surface area contributed by atoms with Gasteiger partial charge in [-0.3, -0.25) is 24.1 Å². The van der Waals surface area contributed by atoms with Gasteiger partial charge in [-0.05, 0) is 72.8 Å². The highest BCUT2D eigenvalue weighted by atomic mass is 32.2. The molecule has 3 aromatic rings. The van der Waals surface area contributed by atoms with Crippen molar-refractivity contribution in [3.8, 4) is 11.5 Å². The maximum absolute atomic E-state index is 13.8. The normalized spacial score (nSPS) is 27.8.